The maximum absolute atomic E-state index is 5.09. The van der Waals surface area contributed by atoms with E-state index in [-0.39, 0.29) is 0 Å². The number of aryl methyl sites for hydroxylation is 1. The number of anilines is 1. The van der Waals surface area contributed by atoms with Crippen LogP contribution >= 0.6 is 0 Å². The zero-order valence-electron chi connectivity index (χ0n) is 12.5. The molecule has 0 radical (unpaired) electrons. The van der Waals surface area contributed by atoms with Crippen LogP contribution in [0.5, 0.6) is 5.88 Å². The van der Waals surface area contributed by atoms with Crippen molar-refractivity contribution < 1.29 is 4.74 Å². The summed E-state index contributed by atoms with van der Waals surface area (Å²) in [6.45, 7) is 2.95. The first-order valence-electron chi connectivity index (χ1n) is 7.46. The SMILES string of the molecule is CCNc1nc(-c2ccc(OC)nc2)nc2c1CCCC2. The van der Waals surface area contributed by atoms with Gasteiger partial charge in [-0.05, 0) is 38.7 Å². The van der Waals surface area contributed by atoms with Gasteiger partial charge in [-0.25, -0.2) is 15.0 Å². The van der Waals surface area contributed by atoms with Crippen molar-refractivity contribution in [2.24, 2.45) is 0 Å². The quantitative estimate of drug-likeness (QED) is 0.935. The zero-order valence-corrected chi connectivity index (χ0v) is 12.5. The predicted molar refractivity (Wildman–Crippen MR) is 82.6 cm³/mol. The van der Waals surface area contributed by atoms with Crippen molar-refractivity contribution >= 4 is 5.82 Å². The summed E-state index contributed by atoms with van der Waals surface area (Å²) >= 11 is 0. The van der Waals surface area contributed by atoms with E-state index in [2.05, 4.69) is 17.2 Å². The van der Waals surface area contributed by atoms with Gasteiger partial charge in [-0.15, -0.1) is 0 Å². The summed E-state index contributed by atoms with van der Waals surface area (Å²) < 4.78 is 5.09. The average molecular weight is 284 g/mol. The van der Waals surface area contributed by atoms with Crippen LogP contribution in [0.3, 0.4) is 0 Å². The molecule has 0 fully saturated rings. The lowest BCUT2D eigenvalue weighted by Crippen LogP contribution is -2.13. The number of ether oxygens (including phenoxy) is 1. The van der Waals surface area contributed by atoms with Gasteiger partial charge in [0.25, 0.3) is 0 Å². The molecule has 2 aromatic heterocycles. The monoisotopic (exact) mass is 284 g/mol. The molecule has 5 heteroatoms. The molecule has 0 saturated heterocycles. The topological polar surface area (TPSA) is 59.9 Å². The Bertz CT molecular complexity index is 625. The molecule has 1 N–H and O–H groups in total. The van der Waals surface area contributed by atoms with Gasteiger partial charge in [-0.1, -0.05) is 0 Å². The maximum atomic E-state index is 5.09. The summed E-state index contributed by atoms with van der Waals surface area (Å²) in [5, 5.41) is 3.37. The number of nitrogens with one attached hydrogen (secondary N) is 1. The average Bonchev–Trinajstić information content (AvgIpc) is 2.55. The molecule has 0 spiro atoms. The Hall–Kier alpha value is -2.17. The summed E-state index contributed by atoms with van der Waals surface area (Å²) in [5.41, 5.74) is 3.38. The first kappa shape index (κ1) is 13.8. The number of aromatic nitrogens is 3. The van der Waals surface area contributed by atoms with Gasteiger partial charge in [0.05, 0.1) is 7.11 Å². The highest BCUT2D eigenvalue weighted by molar-refractivity contribution is 5.59. The zero-order chi connectivity index (χ0) is 14.7. The Labute approximate surface area is 124 Å². The number of fused-ring (bicyclic) bond motifs is 1. The summed E-state index contributed by atoms with van der Waals surface area (Å²) in [4.78, 5) is 13.7. The number of hydrogen-bond donors (Lipinski definition) is 1. The molecule has 5 nitrogen and oxygen atoms in total. The molecule has 110 valence electrons. The van der Waals surface area contributed by atoms with Crippen LogP contribution < -0.4 is 10.1 Å². The van der Waals surface area contributed by atoms with Crippen LogP contribution in [-0.2, 0) is 12.8 Å². The molecule has 3 rings (SSSR count). The molecule has 2 aromatic rings. The highest BCUT2D eigenvalue weighted by atomic mass is 16.5. The number of hydrogen-bond acceptors (Lipinski definition) is 5. The van der Waals surface area contributed by atoms with E-state index in [1.165, 1.54) is 24.1 Å². The van der Waals surface area contributed by atoms with E-state index < -0.39 is 0 Å². The maximum Gasteiger partial charge on any atom is 0.212 e. The number of pyridine rings is 1. The molecule has 0 aromatic carbocycles. The third-order valence-corrected chi connectivity index (χ3v) is 3.73. The predicted octanol–water partition coefficient (Wildman–Crippen LogP) is 2.86. The van der Waals surface area contributed by atoms with Crippen molar-refractivity contribution in [3.05, 3.63) is 29.6 Å². The summed E-state index contributed by atoms with van der Waals surface area (Å²) in [5.74, 6) is 2.32. The molecule has 2 heterocycles. The minimum atomic E-state index is 0.601. The minimum absolute atomic E-state index is 0.601. The molecule has 0 amide bonds. The van der Waals surface area contributed by atoms with Crippen molar-refractivity contribution in [3.8, 4) is 17.3 Å². The second-order valence-corrected chi connectivity index (χ2v) is 5.15. The third kappa shape index (κ3) is 2.82. The normalized spacial score (nSPS) is 13.6. The largest absolute Gasteiger partial charge is 0.481 e. The van der Waals surface area contributed by atoms with E-state index >= 15 is 0 Å². The molecule has 1 aliphatic carbocycles. The summed E-state index contributed by atoms with van der Waals surface area (Å²) in [7, 11) is 1.61. The van der Waals surface area contributed by atoms with Crippen LogP contribution in [0.4, 0.5) is 5.82 Å². The minimum Gasteiger partial charge on any atom is -0.481 e. The lowest BCUT2D eigenvalue weighted by molar-refractivity contribution is 0.398. The van der Waals surface area contributed by atoms with Crippen LogP contribution in [0.15, 0.2) is 18.3 Å². The Morgan fingerprint density at radius 1 is 1.19 bits per heavy atom. The van der Waals surface area contributed by atoms with Gasteiger partial charge in [0.15, 0.2) is 5.82 Å². The number of nitrogens with zero attached hydrogens (tertiary/aromatic N) is 3. The summed E-state index contributed by atoms with van der Waals surface area (Å²) in [6, 6.07) is 3.79. The van der Waals surface area contributed by atoms with E-state index in [4.69, 9.17) is 14.7 Å². The highest BCUT2D eigenvalue weighted by Crippen LogP contribution is 2.28. The van der Waals surface area contributed by atoms with Gasteiger partial charge >= 0.3 is 0 Å². The Kier molecular flexibility index (Phi) is 3.99. The second-order valence-electron chi connectivity index (χ2n) is 5.15. The van der Waals surface area contributed by atoms with Crippen molar-refractivity contribution in [1.82, 2.24) is 15.0 Å². The van der Waals surface area contributed by atoms with Crippen LogP contribution in [0, 0.1) is 0 Å². The molecule has 0 aliphatic heterocycles. The van der Waals surface area contributed by atoms with Crippen molar-refractivity contribution in [1.29, 1.82) is 0 Å². The van der Waals surface area contributed by atoms with E-state index in [0.29, 0.717) is 5.88 Å². The first-order valence-corrected chi connectivity index (χ1v) is 7.46. The lowest BCUT2D eigenvalue weighted by Gasteiger charge is -2.19. The fourth-order valence-electron chi connectivity index (χ4n) is 2.67. The van der Waals surface area contributed by atoms with Gasteiger partial charge in [0.1, 0.15) is 5.82 Å². The van der Waals surface area contributed by atoms with E-state index in [1.54, 1.807) is 13.3 Å². The van der Waals surface area contributed by atoms with Crippen LogP contribution in [0.2, 0.25) is 0 Å². The molecule has 0 atom stereocenters. The van der Waals surface area contributed by atoms with Gasteiger partial charge in [-0.3, -0.25) is 0 Å². The molecule has 0 saturated carbocycles. The van der Waals surface area contributed by atoms with Gasteiger partial charge in [0.2, 0.25) is 5.88 Å². The fraction of sp³-hybridized carbons (Fsp3) is 0.438. The second kappa shape index (κ2) is 6.08. The molecule has 21 heavy (non-hydrogen) atoms. The van der Waals surface area contributed by atoms with Crippen LogP contribution in [-0.4, -0.2) is 28.6 Å². The molecular formula is C16H20N4O. The van der Waals surface area contributed by atoms with Crippen molar-refractivity contribution in [2.45, 2.75) is 32.6 Å². The lowest BCUT2D eigenvalue weighted by atomic mass is 9.96. The number of methoxy groups -OCH3 is 1. The van der Waals surface area contributed by atoms with Crippen molar-refractivity contribution in [2.75, 3.05) is 19.0 Å². The van der Waals surface area contributed by atoms with Gasteiger partial charge in [-0.2, -0.15) is 0 Å². The van der Waals surface area contributed by atoms with E-state index in [9.17, 15) is 0 Å². The van der Waals surface area contributed by atoms with Crippen LogP contribution in [0.25, 0.3) is 11.4 Å². The number of rotatable bonds is 4. The van der Waals surface area contributed by atoms with Crippen molar-refractivity contribution in [3.63, 3.8) is 0 Å². The smallest absolute Gasteiger partial charge is 0.212 e. The Morgan fingerprint density at radius 2 is 2.05 bits per heavy atom. The Morgan fingerprint density at radius 3 is 2.76 bits per heavy atom. The molecule has 1 aliphatic rings. The fourth-order valence-corrected chi connectivity index (χ4v) is 2.67. The first-order chi connectivity index (χ1) is 10.3. The van der Waals surface area contributed by atoms with Gasteiger partial charge in [0, 0.05) is 35.6 Å². The molecule has 0 unspecified atom stereocenters. The summed E-state index contributed by atoms with van der Waals surface area (Å²) in [6.07, 6.45) is 6.29. The van der Waals surface area contributed by atoms with Gasteiger partial charge < -0.3 is 10.1 Å². The molecule has 0 bridgehead atoms. The van der Waals surface area contributed by atoms with E-state index in [0.717, 1.165) is 36.6 Å². The highest BCUT2D eigenvalue weighted by Gasteiger charge is 2.18. The third-order valence-electron chi connectivity index (χ3n) is 3.73. The van der Waals surface area contributed by atoms with Crippen LogP contribution in [0.1, 0.15) is 31.0 Å². The van der Waals surface area contributed by atoms with E-state index in [1.807, 2.05) is 12.1 Å². The standard InChI is InChI=1S/C16H20N4O/c1-3-17-16-12-6-4-5-7-13(12)19-15(20-16)11-8-9-14(21-2)18-10-11/h8-10H,3-7H2,1-2H3,(H,17,19,20). The Balaban J connectivity index is 2.03. The molecular weight excluding hydrogens is 264 g/mol.